The highest BCUT2D eigenvalue weighted by Gasteiger charge is 2.64. The van der Waals surface area contributed by atoms with Crippen molar-refractivity contribution in [1.82, 2.24) is 0 Å². The van der Waals surface area contributed by atoms with E-state index in [1.165, 1.54) is 5.57 Å². The molecule has 52 heavy (non-hydrogen) atoms. The van der Waals surface area contributed by atoms with E-state index in [9.17, 15) is 30.0 Å². The molecule has 10 heteroatoms. The van der Waals surface area contributed by atoms with Gasteiger partial charge in [0, 0.05) is 23.7 Å². The molecule has 0 aromatic heterocycles. The Morgan fingerprint density at radius 2 is 1.27 bits per heavy atom. The number of carbonyl (C=O) groups is 2. The third kappa shape index (κ3) is 6.94. The van der Waals surface area contributed by atoms with Gasteiger partial charge in [0.2, 0.25) is 0 Å². The molecular weight excluding hydrogens is 792 g/mol. The van der Waals surface area contributed by atoms with Crippen molar-refractivity contribution in [2.24, 2.45) is 64.1 Å². The van der Waals surface area contributed by atoms with Crippen LogP contribution in [0.15, 0.2) is 11.6 Å². The van der Waals surface area contributed by atoms with E-state index in [2.05, 4.69) is 51.8 Å². The number of ether oxygens (including phenoxy) is 2. The second-order valence-corrected chi connectivity index (χ2v) is 21.1. The number of esters is 2. The highest BCUT2D eigenvalue weighted by Crippen LogP contribution is 2.65. The van der Waals surface area contributed by atoms with Crippen LogP contribution in [0.2, 0.25) is 0 Å². The Kier molecular flexibility index (Phi) is 11.8. The molecule has 0 saturated heterocycles. The topological polar surface area (TPSA) is 134 Å². The second kappa shape index (κ2) is 15.4. The minimum Gasteiger partial charge on any atom is -0.461 e. The molecule has 0 spiro atoms. The normalized spacial score (nSPS) is 51.8. The SMILES string of the molecule is CCC(=O)O[C@H]1[C@H](Br)CC2C3C(CC[C@@]21C)[C@H]1CC[C@H](O)CC1=C[C@@H]3O.CCC(=O)O[C@H]1[C@H](Br)CC2C3C(CC[C@@]21C)[C@H]1CC[C@H](O)CC1C[C@@H]3O. The van der Waals surface area contributed by atoms with Crippen molar-refractivity contribution in [1.29, 1.82) is 0 Å². The molecule has 8 aliphatic carbocycles. The molecule has 0 aromatic rings. The summed E-state index contributed by atoms with van der Waals surface area (Å²) in [5, 5.41) is 42.2. The van der Waals surface area contributed by atoms with Gasteiger partial charge in [-0.15, -0.1) is 0 Å². The van der Waals surface area contributed by atoms with E-state index in [1.807, 2.05) is 13.8 Å². The lowest BCUT2D eigenvalue weighted by Crippen LogP contribution is -2.55. The first kappa shape index (κ1) is 39.7. The summed E-state index contributed by atoms with van der Waals surface area (Å²) >= 11 is 7.60. The maximum Gasteiger partial charge on any atom is 0.305 e. The first-order chi connectivity index (χ1) is 24.7. The fourth-order valence-corrected chi connectivity index (χ4v) is 16.1. The lowest BCUT2D eigenvalue weighted by atomic mass is 9.49. The van der Waals surface area contributed by atoms with Crippen LogP contribution in [0.1, 0.15) is 124 Å². The molecule has 0 bridgehead atoms. The molecule has 7 unspecified atom stereocenters. The standard InChI is InChI=1S/C21H33BrO4.C21H31BrO4/c2*1-3-18(25)26-20-16(22)10-15-19-14(6-7-21(15,20)2)13-5-4-12(23)8-11(13)9-17(19)24/h11-17,19-20,23-24H,3-10H2,1-2H3;9,12-17,19-20,23-24H,3-8,10H2,1-2H3/t11?,12-,13-,14?,15?,16+,17-,19?,20-,21-;12-,13-,14?,15?,16+,17-,19?,20-,21-/m00/s1. The summed E-state index contributed by atoms with van der Waals surface area (Å²) in [7, 11) is 0. The predicted molar refractivity (Wildman–Crippen MR) is 206 cm³/mol. The Hall–Kier alpha value is -0.520. The molecule has 0 aliphatic heterocycles. The van der Waals surface area contributed by atoms with Gasteiger partial charge in [0.05, 0.1) is 34.1 Å². The second-order valence-electron chi connectivity index (χ2n) is 18.8. The Morgan fingerprint density at radius 1 is 0.712 bits per heavy atom. The van der Waals surface area contributed by atoms with Gasteiger partial charge >= 0.3 is 11.9 Å². The zero-order chi connectivity index (χ0) is 37.3. The molecule has 8 rings (SSSR count). The average molecular weight is 857 g/mol. The van der Waals surface area contributed by atoms with Gasteiger partial charge in [-0.25, -0.2) is 0 Å². The summed E-state index contributed by atoms with van der Waals surface area (Å²) in [6.07, 6.45) is 14.1. The maximum atomic E-state index is 12.0. The van der Waals surface area contributed by atoms with Crippen LogP contribution in [0.3, 0.4) is 0 Å². The first-order valence-electron chi connectivity index (χ1n) is 20.8. The third-order valence-corrected chi connectivity index (χ3v) is 18.0. The summed E-state index contributed by atoms with van der Waals surface area (Å²) in [5.74, 6) is 3.79. The van der Waals surface area contributed by atoms with Crippen LogP contribution >= 0.6 is 31.9 Å². The van der Waals surface area contributed by atoms with E-state index in [-0.39, 0.29) is 68.9 Å². The van der Waals surface area contributed by atoms with Gasteiger partial charge in [-0.2, -0.15) is 0 Å². The zero-order valence-electron chi connectivity index (χ0n) is 31.7. The molecule has 0 aromatic carbocycles. The molecule has 0 radical (unpaired) electrons. The minimum absolute atomic E-state index is 0.0395. The Balaban J connectivity index is 0.000000162. The van der Waals surface area contributed by atoms with Crippen molar-refractivity contribution < 1.29 is 39.5 Å². The van der Waals surface area contributed by atoms with Crippen molar-refractivity contribution >= 4 is 43.8 Å². The summed E-state index contributed by atoms with van der Waals surface area (Å²) < 4.78 is 11.7. The number of aliphatic hydroxyl groups is 4. The molecule has 8 aliphatic rings. The predicted octanol–water partition coefficient (Wildman–Crippen LogP) is 7.25. The van der Waals surface area contributed by atoms with Gasteiger partial charge in [0.25, 0.3) is 0 Å². The van der Waals surface area contributed by atoms with Crippen LogP contribution in [0.5, 0.6) is 0 Å². The molecule has 0 amide bonds. The fourth-order valence-electron chi connectivity index (χ4n) is 13.8. The molecule has 4 N–H and O–H groups in total. The summed E-state index contributed by atoms with van der Waals surface area (Å²) in [5.41, 5.74) is 1.17. The van der Waals surface area contributed by atoms with Crippen LogP contribution < -0.4 is 0 Å². The lowest BCUT2D eigenvalue weighted by molar-refractivity contribution is -0.167. The zero-order valence-corrected chi connectivity index (χ0v) is 34.8. The van der Waals surface area contributed by atoms with Crippen molar-refractivity contribution in [2.45, 2.75) is 170 Å². The molecule has 294 valence electrons. The number of aliphatic hydroxyl groups excluding tert-OH is 4. The van der Waals surface area contributed by atoms with Crippen LogP contribution in [0.25, 0.3) is 0 Å². The molecule has 0 heterocycles. The van der Waals surface area contributed by atoms with E-state index in [0.717, 1.165) is 83.5 Å². The minimum atomic E-state index is -0.443. The van der Waals surface area contributed by atoms with Crippen LogP contribution in [-0.2, 0) is 19.1 Å². The number of hydrogen-bond donors (Lipinski definition) is 4. The summed E-state index contributed by atoms with van der Waals surface area (Å²) in [4.78, 5) is 24.3. The van der Waals surface area contributed by atoms with Gasteiger partial charge in [-0.1, -0.05) is 71.2 Å². The van der Waals surface area contributed by atoms with E-state index in [0.29, 0.717) is 60.2 Å². The first-order valence-corrected chi connectivity index (χ1v) is 22.6. The van der Waals surface area contributed by atoms with Crippen molar-refractivity contribution in [3.8, 4) is 0 Å². The van der Waals surface area contributed by atoms with Gasteiger partial charge in [-0.05, 0) is 137 Å². The van der Waals surface area contributed by atoms with Gasteiger partial charge in [0.1, 0.15) is 12.2 Å². The molecule has 8 nitrogen and oxygen atoms in total. The number of fused-ring (bicyclic) bond motifs is 10. The third-order valence-electron chi connectivity index (χ3n) is 16.3. The van der Waals surface area contributed by atoms with Crippen LogP contribution in [-0.4, -0.2) is 78.6 Å². The number of hydrogen-bond acceptors (Lipinski definition) is 8. The Bertz CT molecular complexity index is 1360. The van der Waals surface area contributed by atoms with Crippen molar-refractivity contribution in [2.75, 3.05) is 0 Å². The van der Waals surface area contributed by atoms with Gasteiger partial charge in [0.15, 0.2) is 0 Å². The van der Waals surface area contributed by atoms with Crippen molar-refractivity contribution in [3.05, 3.63) is 11.6 Å². The monoisotopic (exact) mass is 854 g/mol. The fraction of sp³-hybridized carbons (Fsp3) is 0.905. The van der Waals surface area contributed by atoms with Crippen LogP contribution in [0, 0.1) is 64.1 Å². The number of halogens is 2. The maximum absolute atomic E-state index is 12.0. The summed E-state index contributed by atoms with van der Waals surface area (Å²) in [6.45, 7) is 8.23. The molecule has 19 atom stereocenters. The van der Waals surface area contributed by atoms with E-state index in [4.69, 9.17) is 9.47 Å². The number of alkyl halides is 2. The highest BCUT2D eigenvalue weighted by molar-refractivity contribution is 9.09. The van der Waals surface area contributed by atoms with Gasteiger partial charge in [-0.3, -0.25) is 9.59 Å². The lowest BCUT2D eigenvalue weighted by Gasteiger charge is -2.57. The summed E-state index contributed by atoms with van der Waals surface area (Å²) in [6, 6.07) is 0. The van der Waals surface area contributed by atoms with E-state index < -0.39 is 6.10 Å². The smallest absolute Gasteiger partial charge is 0.305 e. The van der Waals surface area contributed by atoms with E-state index >= 15 is 0 Å². The molecule has 7 fully saturated rings. The number of carbonyl (C=O) groups excluding carboxylic acids is 2. The molecular formula is C42H64Br2O8. The van der Waals surface area contributed by atoms with E-state index in [1.54, 1.807) is 0 Å². The largest absolute Gasteiger partial charge is 0.461 e. The average Bonchev–Trinajstić information content (AvgIpc) is 3.51. The van der Waals surface area contributed by atoms with Gasteiger partial charge < -0.3 is 29.9 Å². The van der Waals surface area contributed by atoms with Crippen LogP contribution in [0.4, 0.5) is 0 Å². The van der Waals surface area contributed by atoms with Crippen molar-refractivity contribution in [3.63, 3.8) is 0 Å². The quantitative estimate of drug-likeness (QED) is 0.132. The number of rotatable bonds is 4. The highest BCUT2D eigenvalue weighted by atomic mass is 79.9. The Morgan fingerprint density at radius 3 is 1.87 bits per heavy atom. The Labute approximate surface area is 327 Å². The molecule has 7 saturated carbocycles.